The van der Waals surface area contributed by atoms with Gasteiger partial charge in [0.25, 0.3) is 0 Å². The SMILES string of the molecule is COc1cccc(NC(=O)[C@H](C)N(C)CC(=O)Nc2ccc(N3CCOCC3)cc2)c1. The van der Waals surface area contributed by atoms with E-state index in [9.17, 15) is 9.59 Å². The molecule has 0 aliphatic carbocycles. The van der Waals surface area contributed by atoms with Crippen molar-refractivity contribution >= 4 is 28.9 Å². The van der Waals surface area contributed by atoms with E-state index < -0.39 is 6.04 Å². The summed E-state index contributed by atoms with van der Waals surface area (Å²) in [6.07, 6.45) is 0. The van der Waals surface area contributed by atoms with E-state index in [2.05, 4.69) is 15.5 Å². The second-order valence-corrected chi connectivity index (χ2v) is 7.51. The van der Waals surface area contributed by atoms with Gasteiger partial charge in [-0.15, -0.1) is 0 Å². The Morgan fingerprint density at radius 1 is 1.10 bits per heavy atom. The molecule has 0 spiro atoms. The van der Waals surface area contributed by atoms with Gasteiger partial charge in [-0.05, 0) is 50.4 Å². The van der Waals surface area contributed by atoms with Gasteiger partial charge in [0.05, 0.1) is 32.9 Å². The number of carbonyl (C=O) groups is 2. The third-order valence-corrected chi connectivity index (χ3v) is 5.30. The van der Waals surface area contributed by atoms with E-state index in [0.29, 0.717) is 11.4 Å². The van der Waals surface area contributed by atoms with Crippen LogP contribution in [0.3, 0.4) is 0 Å². The second kappa shape index (κ2) is 10.8. The molecule has 2 aromatic carbocycles. The topological polar surface area (TPSA) is 83.1 Å². The second-order valence-electron chi connectivity index (χ2n) is 7.51. The molecule has 31 heavy (non-hydrogen) atoms. The summed E-state index contributed by atoms with van der Waals surface area (Å²) in [4.78, 5) is 28.9. The van der Waals surface area contributed by atoms with Gasteiger partial charge in [0.2, 0.25) is 11.8 Å². The Kier molecular flexibility index (Phi) is 7.86. The van der Waals surface area contributed by atoms with E-state index in [1.54, 1.807) is 44.2 Å². The Bertz CT molecular complexity index is 881. The van der Waals surface area contributed by atoms with Crippen molar-refractivity contribution in [3.05, 3.63) is 48.5 Å². The molecule has 2 N–H and O–H groups in total. The maximum Gasteiger partial charge on any atom is 0.241 e. The fraction of sp³-hybridized carbons (Fsp3) is 0.391. The van der Waals surface area contributed by atoms with E-state index >= 15 is 0 Å². The highest BCUT2D eigenvalue weighted by Gasteiger charge is 2.20. The third kappa shape index (κ3) is 6.44. The summed E-state index contributed by atoms with van der Waals surface area (Å²) in [6, 6.07) is 14.4. The van der Waals surface area contributed by atoms with Crippen LogP contribution in [-0.2, 0) is 14.3 Å². The van der Waals surface area contributed by atoms with Crippen molar-refractivity contribution in [2.45, 2.75) is 13.0 Å². The maximum atomic E-state index is 12.5. The molecule has 8 nitrogen and oxygen atoms in total. The predicted octanol–water partition coefficient (Wildman–Crippen LogP) is 2.43. The predicted molar refractivity (Wildman–Crippen MR) is 122 cm³/mol. The molecular weight excluding hydrogens is 396 g/mol. The molecule has 1 saturated heterocycles. The summed E-state index contributed by atoms with van der Waals surface area (Å²) in [5, 5.41) is 5.74. The first-order chi connectivity index (χ1) is 15.0. The highest BCUT2D eigenvalue weighted by Crippen LogP contribution is 2.19. The Labute approximate surface area is 183 Å². The number of nitrogens with zero attached hydrogens (tertiary/aromatic N) is 2. The minimum Gasteiger partial charge on any atom is -0.497 e. The number of ether oxygens (including phenoxy) is 2. The van der Waals surface area contributed by atoms with Crippen molar-refractivity contribution in [2.75, 3.05) is 62.5 Å². The molecule has 1 aliphatic rings. The fourth-order valence-corrected chi connectivity index (χ4v) is 3.29. The van der Waals surface area contributed by atoms with Crippen molar-refractivity contribution in [2.24, 2.45) is 0 Å². The normalized spacial score (nSPS) is 14.8. The summed E-state index contributed by atoms with van der Waals surface area (Å²) < 4.78 is 10.5. The van der Waals surface area contributed by atoms with Crippen LogP contribution < -0.4 is 20.3 Å². The third-order valence-electron chi connectivity index (χ3n) is 5.30. The number of anilines is 3. The average molecular weight is 427 g/mol. The smallest absolute Gasteiger partial charge is 0.241 e. The number of morpholine rings is 1. The largest absolute Gasteiger partial charge is 0.497 e. The lowest BCUT2D eigenvalue weighted by Gasteiger charge is -2.29. The van der Waals surface area contributed by atoms with Gasteiger partial charge in [0, 0.05) is 36.2 Å². The number of nitrogens with one attached hydrogen (secondary N) is 2. The Morgan fingerprint density at radius 2 is 1.81 bits per heavy atom. The highest BCUT2D eigenvalue weighted by atomic mass is 16.5. The summed E-state index contributed by atoms with van der Waals surface area (Å²) >= 11 is 0. The number of benzene rings is 2. The Hall–Kier alpha value is -3.10. The summed E-state index contributed by atoms with van der Waals surface area (Å²) in [5.41, 5.74) is 2.49. The van der Waals surface area contributed by atoms with Gasteiger partial charge in [0.15, 0.2) is 0 Å². The molecule has 2 amide bonds. The van der Waals surface area contributed by atoms with Gasteiger partial charge in [-0.25, -0.2) is 0 Å². The van der Waals surface area contributed by atoms with E-state index in [-0.39, 0.29) is 18.4 Å². The molecule has 8 heteroatoms. The van der Waals surface area contributed by atoms with Crippen molar-refractivity contribution < 1.29 is 19.1 Å². The summed E-state index contributed by atoms with van der Waals surface area (Å²) in [6.45, 7) is 5.05. The lowest BCUT2D eigenvalue weighted by molar-refractivity contribution is -0.122. The molecule has 1 heterocycles. The van der Waals surface area contributed by atoms with Crippen LogP contribution >= 0.6 is 0 Å². The molecule has 0 unspecified atom stereocenters. The van der Waals surface area contributed by atoms with Gasteiger partial charge in [-0.3, -0.25) is 14.5 Å². The Morgan fingerprint density at radius 3 is 2.48 bits per heavy atom. The molecule has 0 bridgehead atoms. The number of hydrogen-bond acceptors (Lipinski definition) is 6. The molecule has 1 fully saturated rings. The number of carbonyl (C=O) groups excluding carboxylic acids is 2. The zero-order valence-corrected chi connectivity index (χ0v) is 18.3. The standard InChI is InChI=1S/C23H30N4O4/c1-17(23(29)25-19-5-4-6-21(15-19)30-3)26(2)16-22(28)24-18-7-9-20(10-8-18)27-11-13-31-14-12-27/h4-10,15,17H,11-14,16H2,1-3H3,(H,24,28)(H,25,29)/t17-/m0/s1. The molecule has 166 valence electrons. The lowest BCUT2D eigenvalue weighted by atomic mass is 10.2. The zero-order valence-electron chi connectivity index (χ0n) is 18.3. The summed E-state index contributed by atoms with van der Waals surface area (Å²) in [7, 11) is 3.32. The number of hydrogen-bond donors (Lipinski definition) is 2. The van der Waals surface area contributed by atoms with Gasteiger partial charge >= 0.3 is 0 Å². The minimum absolute atomic E-state index is 0.0952. The first kappa shape index (κ1) is 22.6. The first-order valence-corrected chi connectivity index (χ1v) is 10.3. The van der Waals surface area contributed by atoms with Crippen LogP contribution in [0.4, 0.5) is 17.1 Å². The van der Waals surface area contributed by atoms with E-state index in [0.717, 1.165) is 37.7 Å². The van der Waals surface area contributed by atoms with Crippen molar-refractivity contribution in [3.63, 3.8) is 0 Å². The highest BCUT2D eigenvalue weighted by molar-refractivity contribution is 5.96. The lowest BCUT2D eigenvalue weighted by Crippen LogP contribution is -2.43. The maximum absolute atomic E-state index is 12.5. The summed E-state index contributed by atoms with van der Waals surface area (Å²) in [5.74, 6) is 0.291. The monoisotopic (exact) mass is 426 g/mol. The van der Waals surface area contributed by atoms with Crippen molar-refractivity contribution in [1.29, 1.82) is 0 Å². The molecule has 0 radical (unpaired) electrons. The van der Waals surface area contributed by atoms with E-state index in [4.69, 9.17) is 9.47 Å². The fourth-order valence-electron chi connectivity index (χ4n) is 3.29. The molecule has 2 aromatic rings. The molecule has 0 aromatic heterocycles. The van der Waals surface area contributed by atoms with Crippen LogP contribution in [-0.4, -0.2) is 69.8 Å². The van der Waals surface area contributed by atoms with Crippen LogP contribution in [0.1, 0.15) is 6.92 Å². The van der Waals surface area contributed by atoms with Crippen LogP contribution in [0.25, 0.3) is 0 Å². The van der Waals surface area contributed by atoms with Crippen LogP contribution in [0.15, 0.2) is 48.5 Å². The number of likely N-dealkylation sites (N-methyl/N-ethyl adjacent to an activating group) is 1. The quantitative estimate of drug-likeness (QED) is 0.675. The zero-order chi connectivity index (χ0) is 22.2. The van der Waals surface area contributed by atoms with Crippen LogP contribution in [0.2, 0.25) is 0 Å². The molecule has 3 rings (SSSR count). The molecule has 1 atom stereocenters. The first-order valence-electron chi connectivity index (χ1n) is 10.3. The Balaban J connectivity index is 1.49. The van der Waals surface area contributed by atoms with E-state index in [1.165, 1.54) is 0 Å². The molecule has 0 saturated carbocycles. The van der Waals surface area contributed by atoms with Crippen molar-refractivity contribution in [1.82, 2.24) is 4.90 Å². The number of rotatable bonds is 8. The van der Waals surface area contributed by atoms with Crippen LogP contribution in [0.5, 0.6) is 5.75 Å². The van der Waals surface area contributed by atoms with E-state index in [1.807, 2.05) is 30.3 Å². The molecular formula is C23H30N4O4. The minimum atomic E-state index is -0.486. The number of amides is 2. The van der Waals surface area contributed by atoms with Gasteiger partial charge in [-0.1, -0.05) is 6.07 Å². The number of methoxy groups -OCH3 is 1. The van der Waals surface area contributed by atoms with Crippen molar-refractivity contribution in [3.8, 4) is 5.75 Å². The molecule has 1 aliphatic heterocycles. The average Bonchev–Trinajstić information content (AvgIpc) is 2.79. The van der Waals surface area contributed by atoms with Crippen LogP contribution in [0, 0.1) is 0 Å². The van der Waals surface area contributed by atoms with Gasteiger partial charge in [-0.2, -0.15) is 0 Å². The van der Waals surface area contributed by atoms with Gasteiger partial charge < -0.3 is 25.0 Å². The van der Waals surface area contributed by atoms with Gasteiger partial charge in [0.1, 0.15) is 5.75 Å².